The second-order valence-corrected chi connectivity index (χ2v) is 13.7. The Morgan fingerprint density at radius 2 is 0.463 bits per heavy atom. The van der Waals surface area contributed by atoms with Gasteiger partial charge in [-0.25, -0.2) is 0 Å². The van der Waals surface area contributed by atoms with Gasteiger partial charge in [-0.05, 0) is 150 Å². The first-order valence-corrected chi connectivity index (χ1v) is 18.3. The molecule has 0 spiro atoms. The topological polar surface area (TPSA) is 48.1 Å². The highest BCUT2D eigenvalue weighted by Crippen LogP contribution is 2.30. The summed E-state index contributed by atoms with van der Waals surface area (Å²) >= 11 is 0. The van der Waals surface area contributed by atoms with Crippen molar-refractivity contribution in [2.45, 2.75) is 13.8 Å². The minimum Gasteiger partial charge on any atom is -0.356 e. The molecule has 0 aliphatic heterocycles. The summed E-state index contributed by atoms with van der Waals surface area (Å²) in [6.07, 6.45) is 0. The van der Waals surface area contributed by atoms with Crippen LogP contribution in [0.25, 0.3) is 33.4 Å². The molecule has 8 aromatic carbocycles. The second-order valence-electron chi connectivity index (χ2n) is 13.7. The van der Waals surface area contributed by atoms with E-state index in [9.17, 15) is 0 Å². The van der Waals surface area contributed by atoms with Crippen molar-refractivity contribution in [3.63, 3.8) is 0 Å². The molecule has 4 heteroatoms. The first kappa shape index (κ1) is 34.1. The maximum atomic E-state index is 3.54. The summed E-state index contributed by atoms with van der Waals surface area (Å²) in [5.74, 6) is 0. The lowest BCUT2D eigenvalue weighted by Gasteiger charge is -2.11. The molecule has 0 aromatic heterocycles. The molecule has 0 saturated carbocycles. The van der Waals surface area contributed by atoms with Crippen LogP contribution in [-0.2, 0) is 0 Å². The molecule has 4 nitrogen and oxygen atoms in total. The molecule has 0 aliphatic carbocycles. The van der Waals surface area contributed by atoms with Gasteiger partial charge in [-0.3, -0.25) is 0 Å². The van der Waals surface area contributed by atoms with E-state index in [0.29, 0.717) is 0 Å². The Labute approximate surface area is 318 Å². The number of anilines is 8. The zero-order valence-electron chi connectivity index (χ0n) is 30.5. The maximum absolute atomic E-state index is 3.54. The Morgan fingerprint density at radius 3 is 0.722 bits per heavy atom. The molecule has 0 fully saturated rings. The molecule has 0 bridgehead atoms. The first-order chi connectivity index (χ1) is 26.5. The molecule has 0 amide bonds. The van der Waals surface area contributed by atoms with Gasteiger partial charge in [0.1, 0.15) is 0 Å². The molecule has 4 N–H and O–H groups in total. The van der Waals surface area contributed by atoms with Gasteiger partial charge in [0.15, 0.2) is 0 Å². The fourth-order valence-electron chi connectivity index (χ4n) is 6.50. The van der Waals surface area contributed by atoms with Gasteiger partial charge in [-0.2, -0.15) is 0 Å². The van der Waals surface area contributed by atoms with Crippen molar-refractivity contribution in [3.05, 3.63) is 205 Å². The van der Waals surface area contributed by atoms with Crippen molar-refractivity contribution in [1.29, 1.82) is 0 Å². The molecule has 8 aromatic rings. The molecule has 0 heterocycles. The van der Waals surface area contributed by atoms with Crippen molar-refractivity contribution in [2.75, 3.05) is 21.3 Å². The third-order valence-corrected chi connectivity index (χ3v) is 9.53. The molecular weight excluding hydrogens is 657 g/mol. The van der Waals surface area contributed by atoms with E-state index < -0.39 is 0 Å². The molecule has 0 unspecified atom stereocenters. The summed E-state index contributed by atoms with van der Waals surface area (Å²) in [6.45, 7) is 4.21. The number of hydrogen-bond acceptors (Lipinski definition) is 4. The summed E-state index contributed by atoms with van der Waals surface area (Å²) in [5.41, 5.74) is 18.1. The van der Waals surface area contributed by atoms with E-state index in [4.69, 9.17) is 0 Å². The second kappa shape index (κ2) is 15.7. The van der Waals surface area contributed by atoms with Gasteiger partial charge in [-0.15, -0.1) is 0 Å². The summed E-state index contributed by atoms with van der Waals surface area (Å²) in [4.78, 5) is 0. The van der Waals surface area contributed by atoms with E-state index in [1.54, 1.807) is 0 Å². The van der Waals surface area contributed by atoms with Crippen LogP contribution >= 0.6 is 0 Å². The quantitative estimate of drug-likeness (QED) is 0.109. The molecule has 0 radical (unpaired) electrons. The smallest absolute Gasteiger partial charge is 0.0386 e. The van der Waals surface area contributed by atoms with Crippen LogP contribution in [-0.4, -0.2) is 0 Å². The highest BCUT2D eigenvalue weighted by molar-refractivity contribution is 5.75. The van der Waals surface area contributed by atoms with E-state index in [1.165, 1.54) is 44.5 Å². The summed E-state index contributed by atoms with van der Waals surface area (Å²) in [5, 5.41) is 14.0. The van der Waals surface area contributed by atoms with Crippen LogP contribution in [0, 0.1) is 13.8 Å². The fourth-order valence-corrected chi connectivity index (χ4v) is 6.50. The van der Waals surface area contributed by atoms with Crippen molar-refractivity contribution < 1.29 is 0 Å². The van der Waals surface area contributed by atoms with Crippen LogP contribution in [0.1, 0.15) is 11.1 Å². The lowest BCUT2D eigenvalue weighted by molar-refractivity contribution is 1.45. The third-order valence-electron chi connectivity index (χ3n) is 9.53. The lowest BCUT2D eigenvalue weighted by Crippen LogP contribution is -1.92. The SMILES string of the molecule is Cc1ccc(Nc2ccc(-c3ccc(Nc4ccc(-c5ccc(Nc6ccc(-c7ccc(Nc8cccc(C)c8)cc7)cc6)cc5)cc4)cc3)cc2)cc1. The van der Waals surface area contributed by atoms with Gasteiger partial charge in [0.05, 0.1) is 0 Å². The molecular formula is C50H42N4. The predicted molar refractivity (Wildman–Crippen MR) is 231 cm³/mol. The maximum Gasteiger partial charge on any atom is 0.0386 e. The minimum atomic E-state index is 1.05. The summed E-state index contributed by atoms with van der Waals surface area (Å²) in [7, 11) is 0. The van der Waals surface area contributed by atoms with E-state index >= 15 is 0 Å². The van der Waals surface area contributed by atoms with Gasteiger partial charge in [-0.1, -0.05) is 103 Å². The highest BCUT2D eigenvalue weighted by Gasteiger charge is 2.05. The standard InChI is InChI=1S/C50H42N4/c1-35-6-20-43(21-7-35)51-44-22-8-37(9-23-44)38-10-24-45(25-11-38)52-46-26-12-39(13-27-46)40-14-28-47(29-15-40)53-48-30-16-41(17-31-48)42-18-32-49(33-19-42)54-50-5-3-4-36(2)34-50/h3-34,51-54H,1-2H3. The minimum absolute atomic E-state index is 1.05. The molecule has 0 saturated heterocycles. The Hall–Kier alpha value is -7.04. The largest absolute Gasteiger partial charge is 0.356 e. The first-order valence-electron chi connectivity index (χ1n) is 18.3. The van der Waals surface area contributed by atoms with Crippen molar-refractivity contribution in [3.8, 4) is 33.4 Å². The molecule has 0 aliphatic rings. The number of rotatable bonds is 11. The Bertz CT molecular complexity index is 2430. The number of nitrogens with one attached hydrogen (secondary N) is 4. The van der Waals surface area contributed by atoms with Gasteiger partial charge < -0.3 is 21.3 Å². The van der Waals surface area contributed by atoms with Crippen LogP contribution in [0.3, 0.4) is 0 Å². The van der Waals surface area contributed by atoms with Crippen LogP contribution in [0.5, 0.6) is 0 Å². The van der Waals surface area contributed by atoms with Gasteiger partial charge in [0.2, 0.25) is 0 Å². The average Bonchev–Trinajstić information content (AvgIpc) is 3.21. The Morgan fingerprint density at radius 1 is 0.222 bits per heavy atom. The van der Waals surface area contributed by atoms with E-state index in [0.717, 1.165) is 45.5 Å². The van der Waals surface area contributed by atoms with Crippen LogP contribution in [0.2, 0.25) is 0 Å². The molecule has 54 heavy (non-hydrogen) atoms. The zero-order valence-corrected chi connectivity index (χ0v) is 30.5. The predicted octanol–water partition coefficient (Wildman–Crippen LogP) is 14.3. The van der Waals surface area contributed by atoms with Crippen LogP contribution in [0.15, 0.2) is 194 Å². The Kier molecular flexibility index (Phi) is 9.90. The number of aryl methyl sites for hydroxylation is 2. The normalized spacial score (nSPS) is 10.8. The van der Waals surface area contributed by atoms with Crippen molar-refractivity contribution in [1.82, 2.24) is 0 Å². The van der Waals surface area contributed by atoms with E-state index in [1.807, 2.05) is 0 Å². The van der Waals surface area contributed by atoms with Gasteiger partial charge in [0.25, 0.3) is 0 Å². The average molecular weight is 699 g/mol. The monoisotopic (exact) mass is 698 g/mol. The van der Waals surface area contributed by atoms with Crippen molar-refractivity contribution >= 4 is 45.5 Å². The summed E-state index contributed by atoms with van der Waals surface area (Å²) in [6, 6.07) is 68.3. The third kappa shape index (κ3) is 8.52. The lowest BCUT2D eigenvalue weighted by atomic mass is 10.0. The highest BCUT2D eigenvalue weighted by atomic mass is 14.9. The van der Waals surface area contributed by atoms with Crippen molar-refractivity contribution in [2.24, 2.45) is 0 Å². The Balaban J connectivity index is 0.832. The molecule has 262 valence electrons. The zero-order chi connectivity index (χ0) is 36.7. The van der Waals surface area contributed by atoms with E-state index in [-0.39, 0.29) is 0 Å². The number of benzene rings is 8. The number of hydrogen-bond donors (Lipinski definition) is 4. The van der Waals surface area contributed by atoms with Gasteiger partial charge in [0, 0.05) is 45.5 Å². The van der Waals surface area contributed by atoms with Crippen LogP contribution < -0.4 is 21.3 Å². The molecule has 8 rings (SSSR count). The summed E-state index contributed by atoms with van der Waals surface area (Å²) < 4.78 is 0. The van der Waals surface area contributed by atoms with Crippen LogP contribution in [0.4, 0.5) is 45.5 Å². The molecule has 0 atom stereocenters. The fraction of sp³-hybridized carbons (Fsp3) is 0.0400. The van der Waals surface area contributed by atoms with E-state index in [2.05, 4.69) is 229 Å². The van der Waals surface area contributed by atoms with Gasteiger partial charge >= 0.3 is 0 Å².